The first-order valence-electron chi connectivity index (χ1n) is 6.52. The number of aliphatic hydroxyl groups excluding tert-OH is 1. The Morgan fingerprint density at radius 1 is 1.33 bits per heavy atom. The smallest absolute Gasteiger partial charge is 0.326 e. The molecule has 18 heavy (non-hydrogen) atoms. The van der Waals surface area contributed by atoms with Gasteiger partial charge in [-0.1, -0.05) is 26.2 Å². The molecule has 1 aliphatic carbocycles. The summed E-state index contributed by atoms with van der Waals surface area (Å²) in [5, 5.41) is 23.7. The Balaban J connectivity index is 2.41. The molecule has 6 nitrogen and oxygen atoms in total. The highest BCUT2D eigenvalue weighted by Crippen LogP contribution is 2.18. The van der Waals surface area contributed by atoms with Crippen LogP contribution in [0.5, 0.6) is 0 Å². The number of carboxylic acids is 1. The van der Waals surface area contributed by atoms with E-state index in [9.17, 15) is 14.7 Å². The van der Waals surface area contributed by atoms with Gasteiger partial charge in [-0.25, -0.2) is 9.59 Å². The number of carbonyl (C=O) groups excluding carboxylic acids is 1. The average molecular weight is 258 g/mol. The van der Waals surface area contributed by atoms with E-state index in [-0.39, 0.29) is 6.04 Å². The van der Waals surface area contributed by atoms with E-state index in [1.54, 1.807) is 0 Å². The van der Waals surface area contributed by atoms with Crippen LogP contribution in [0.15, 0.2) is 0 Å². The molecular formula is C12H22N2O4. The maximum Gasteiger partial charge on any atom is 0.326 e. The number of carbonyl (C=O) groups is 2. The minimum Gasteiger partial charge on any atom is -0.480 e. The van der Waals surface area contributed by atoms with E-state index in [2.05, 4.69) is 10.6 Å². The van der Waals surface area contributed by atoms with E-state index >= 15 is 0 Å². The fourth-order valence-corrected chi connectivity index (χ4v) is 2.19. The van der Waals surface area contributed by atoms with Crippen molar-refractivity contribution in [3.05, 3.63) is 0 Å². The maximum atomic E-state index is 11.6. The summed E-state index contributed by atoms with van der Waals surface area (Å²) in [7, 11) is 0. The van der Waals surface area contributed by atoms with Crippen LogP contribution in [0, 0.1) is 0 Å². The third-order valence-corrected chi connectivity index (χ3v) is 3.23. The van der Waals surface area contributed by atoms with Crippen molar-refractivity contribution in [3.8, 4) is 0 Å². The Morgan fingerprint density at radius 3 is 2.56 bits per heavy atom. The molecule has 3 atom stereocenters. The van der Waals surface area contributed by atoms with Crippen LogP contribution in [0.4, 0.5) is 4.79 Å². The standard InChI is InChI=1S/C12H22N2O4/c1-2-5-9(11(16)17)14-12(18)13-8-6-3-4-7-10(8)15/h8-10,15H,2-7H2,1H3,(H,16,17)(H2,13,14,18)/t8?,9-,10?/m0/s1. The Morgan fingerprint density at radius 2 is 2.00 bits per heavy atom. The van der Waals surface area contributed by atoms with E-state index in [0.29, 0.717) is 19.3 Å². The van der Waals surface area contributed by atoms with Crippen molar-refractivity contribution in [1.82, 2.24) is 10.6 Å². The molecule has 0 aromatic rings. The van der Waals surface area contributed by atoms with Crippen molar-refractivity contribution in [2.45, 2.75) is 63.6 Å². The Bertz CT molecular complexity index is 296. The molecule has 0 aliphatic heterocycles. The minimum absolute atomic E-state index is 0.269. The Labute approximate surface area is 107 Å². The quantitative estimate of drug-likeness (QED) is 0.587. The third kappa shape index (κ3) is 4.52. The van der Waals surface area contributed by atoms with Gasteiger partial charge in [-0.2, -0.15) is 0 Å². The molecule has 2 unspecified atom stereocenters. The topological polar surface area (TPSA) is 98.7 Å². The van der Waals surface area contributed by atoms with Gasteiger partial charge < -0.3 is 20.8 Å². The number of rotatable bonds is 5. The second kappa shape index (κ2) is 7.20. The molecule has 0 spiro atoms. The second-order valence-electron chi connectivity index (χ2n) is 4.76. The van der Waals surface area contributed by atoms with Gasteiger partial charge in [0, 0.05) is 0 Å². The van der Waals surface area contributed by atoms with Crippen LogP contribution < -0.4 is 10.6 Å². The van der Waals surface area contributed by atoms with Gasteiger partial charge >= 0.3 is 12.0 Å². The summed E-state index contributed by atoms with van der Waals surface area (Å²) in [6.45, 7) is 1.86. The lowest BCUT2D eigenvalue weighted by Crippen LogP contribution is -2.52. The molecular weight excluding hydrogens is 236 g/mol. The molecule has 0 heterocycles. The Hall–Kier alpha value is -1.30. The molecule has 1 fully saturated rings. The number of carboxylic acid groups (broad SMARTS) is 1. The highest BCUT2D eigenvalue weighted by atomic mass is 16.4. The molecule has 104 valence electrons. The van der Waals surface area contributed by atoms with Crippen molar-refractivity contribution in [2.75, 3.05) is 0 Å². The largest absolute Gasteiger partial charge is 0.480 e. The van der Waals surface area contributed by atoms with Crippen molar-refractivity contribution >= 4 is 12.0 Å². The van der Waals surface area contributed by atoms with Crippen LogP contribution in [-0.4, -0.2) is 40.4 Å². The zero-order chi connectivity index (χ0) is 13.5. The number of hydrogen-bond donors (Lipinski definition) is 4. The van der Waals surface area contributed by atoms with Crippen molar-refractivity contribution in [3.63, 3.8) is 0 Å². The van der Waals surface area contributed by atoms with Crippen molar-refractivity contribution in [1.29, 1.82) is 0 Å². The SMILES string of the molecule is CCC[C@H](NC(=O)NC1CCCCC1O)C(=O)O. The first-order valence-corrected chi connectivity index (χ1v) is 6.52. The third-order valence-electron chi connectivity index (χ3n) is 3.23. The van der Waals surface area contributed by atoms with Gasteiger partial charge in [0.2, 0.25) is 0 Å². The summed E-state index contributed by atoms with van der Waals surface area (Å²) in [4.78, 5) is 22.5. The molecule has 0 aromatic carbocycles. The fourth-order valence-electron chi connectivity index (χ4n) is 2.19. The van der Waals surface area contributed by atoms with Crippen LogP contribution in [0.2, 0.25) is 0 Å². The molecule has 2 amide bonds. The number of urea groups is 1. The van der Waals surface area contributed by atoms with Gasteiger partial charge in [0.05, 0.1) is 12.1 Å². The average Bonchev–Trinajstić information content (AvgIpc) is 2.31. The van der Waals surface area contributed by atoms with E-state index in [0.717, 1.165) is 19.3 Å². The van der Waals surface area contributed by atoms with Crippen LogP contribution in [0.25, 0.3) is 0 Å². The van der Waals surface area contributed by atoms with Crippen molar-refractivity contribution in [2.24, 2.45) is 0 Å². The molecule has 1 aliphatic rings. The van der Waals surface area contributed by atoms with Gasteiger partial charge in [0.25, 0.3) is 0 Å². The van der Waals surface area contributed by atoms with Crippen LogP contribution in [0.3, 0.4) is 0 Å². The molecule has 1 rings (SSSR count). The lowest BCUT2D eigenvalue weighted by molar-refractivity contribution is -0.139. The fraction of sp³-hybridized carbons (Fsp3) is 0.833. The Kier molecular flexibility index (Phi) is 5.91. The zero-order valence-corrected chi connectivity index (χ0v) is 10.7. The first-order chi connectivity index (χ1) is 8.54. The van der Waals surface area contributed by atoms with E-state index < -0.39 is 24.1 Å². The first kappa shape index (κ1) is 14.8. The number of aliphatic hydroxyl groups is 1. The molecule has 0 radical (unpaired) electrons. The summed E-state index contributed by atoms with van der Waals surface area (Å²) in [5.41, 5.74) is 0. The highest BCUT2D eigenvalue weighted by molar-refractivity contribution is 5.82. The monoisotopic (exact) mass is 258 g/mol. The molecule has 0 saturated heterocycles. The predicted molar refractivity (Wildman–Crippen MR) is 66.3 cm³/mol. The summed E-state index contributed by atoms with van der Waals surface area (Å²) in [5.74, 6) is -1.03. The van der Waals surface area contributed by atoms with Crippen molar-refractivity contribution < 1.29 is 19.8 Å². The van der Waals surface area contributed by atoms with E-state index in [4.69, 9.17) is 5.11 Å². The van der Waals surface area contributed by atoms with Gasteiger partial charge in [0.1, 0.15) is 6.04 Å². The maximum absolute atomic E-state index is 11.6. The summed E-state index contributed by atoms with van der Waals surface area (Å²) >= 11 is 0. The zero-order valence-electron chi connectivity index (χ0n) is 10.7. The lowest BCUT2D eigenvalue weighted by Gasteiger charge is -2.28. The van der Waals surface area contributed by atoms with Gasteiger partial charge in [-0.15, -0.1) is 0 Å². The second-order valence-corrected chi connectivity index (χ2v) is 4.76. The van der Waals surface area contributed by atoms with Crippen LogP contribution in [0.1, 0.15) is 45.4 Å². The number of nitrogens with one attached hydrogen (secondary N) is 2. The number of aliphatic carboxylic acids is 1. The molecule has 6 heteroatoms. The molecule has 0 aromatic heterocycles. The normalized spacial score (nSPS) is 25.2. The highest BCUT2D eigenvalue weighted by Gasteiger charge is 2.26. The summed E-state index contributed by atoms with van der Waals surface area (Å²) < 4.78 is 0. The van der Waals surface area contributed by atoms with Gasteiger partial charge in [-0.3, -0.25) is 0 Å². The lowest BCUT2D eigenvalue weighted by atomic mass is 9.93. The van der Waals surface area contributed by atoms with E-state index in [1.807, 2.05) is 6.92 Å². The van der Waals surface area contributed by atoms with Crippen LogP contribution >= 0.6 is 0 Å². The van der Waals surface area contributed by atoms with E-state index in [1.165, 1.54) is 0 Å². The van der Waals surface area contributed by atoms with Gasteiger partial charge in [-0.05, 0) is 19.3 Å². The van der Waals surface area contributed by atoms with Gasteiger partial charge in [0.15, 0.2) is 0 Å². The number of amides is 2. The van der Waals surface area contributed by atoms with Crippen LogP contribution in [-0.2, 0) is 4.79 Å². The molecule has 1 saturated carbocycles. The minimum atomic E-state index is -1.03. The molecule has 0 bridgehead atoms. The number of hydrogen-bond acceptors (Lipinski definition) is 3. The predicted octanol–water partition coefficient (Wildman–Crippen LogP) is 0.842. The summed E-state index contributed by atoms with van der Waals surface area (Å²) in [6.07, 6.45) is 3.91. The molecule has 4 N–H and O–H groups in total. The summed E-state index contributed by atoms with van der Waals surface area (Å²) in [6, 6.07) is -1.65.